The van der Waals surface area contributed by atoms with Gasteiger partial charge in [-0.1, -0.05) is 41.4 Å². The van der Waals surface area contributed by atoms with Gasteiger partial charge in [0.15, 0.2) is 6.10 Å². The molecule has 2 atom stereocenters. The highest BCUT2D eigenvalue weighted by atomic mass is 35.5. The zero-order valence-electron chi connectivity index (χ0n) is 16.6. The Labute approximate surface area is 191 Å². The van der Waals surface area contributed by atoms with Crippen molar-refractivity contribution in [3.05, 3.63) is 58.1 Å². The molecule has 0 saturated heterocycles. The molecule has 0 saturated carbocycles. The Balaban J connectivity index is 1.99. The second-order valence-corrected chi connectivity index (χ2v) is 7.25. The van der Waals surface area contributed by atoms with Gasteiger partial charge in [0.25, 0.3) is 5.91 Å². The molecule has 0 unspecified atom stereocenters. The number of ether oxygens (including phenoxy) is 2. The lowest BCUT2D eigenvalue weighted by Crippen LogP contribution is -2.36. The number of esters is 1. The summed E-state index contributed by atoms with van der Waals surface area (Å²) in [6, 6.07) is 8.45. The van der Waals surface area contributed by atoms with E-state index in [0.29, 0.717) is 10.6 Å². The first-order valence-electron chi connectivity index (χ1n) is 9.12. The van der Waals surface area contributed by atoms with Crippen LogP contribution in [0, 0.1) is 0 Å². The van der Waals surface area contributed by atoms with E-state index in [1.54, 1.807) is 24.3 Å². The molecule has 0 aromatic heterocycles. The molecular weight excluding hydrogens is 471 g/mol. The summed E-state index contributed by atoms with van der Waals surface area (Å²) >= 11 is 12.0. The Morgan fingerprint density at radius 3 is 2.38 bits per heavy atom. The van der Waals surface area contributed by atoms with Crippen molar-refractivity contribution >= 4 is 46.8 Å². The number of nitrogens with two attached hydrogens (primary N) is 1. The summed E-state index contributed by atoms with van der Waals surface area (Å²) in [4.78, 5) is 36.0. The normalized spacial score (nSPS) is 12.6. The van der Waals surface area contributed by atoms with Crippen molar-refractivity contribution in [3.63, 3.8) is 0 Å². The van der Waals surface area contributed by atoms with E-state index >= 15 is 0 Å². The van der Waals surface area contributed by atoms with Crippen molar-refractivity contribution in [1.29, 1.82) is 0 Å². The van der Waals surface area contributed by atoms with Gasteiger partial charge in [-0.15, -0.1) is 0 Å². The van der Waals surface area contributed by atoms with Crippen molar-refractivity contribution in [2.45, 2.75) is 32.1 Å². The number of benzene rings is 2. The number of hydrogen-bond donors (Lipinski definition) is 3. The summed E-state index contributed by atoms with van der Waals surface area (Å²) in [7, 11) is 0. The second kappa shape index (κ2) is 11.5. The highest BCUT2D eigenvalue weighted by molar-refractivity contribution is 6.32. The molecule has 2 aromatic carbocycles. The Morgan fingerprint density at radius 2 is 1.78 bits per heavy atom. The number of halogens is 4. The van der Waals surface area contributed by atoms with Crippen LogP contribution in [0.1, 0.15) is 24.9 Å². The lowest BCUT2D eigenvalue weighted by molar-refractivity contribution is -0.153. The molecule has 0 aliphatic rings. The zero-order valence-corrected chi connectivity index (χ0v) is 18.1. The van der Waals surface area contributed by atoms with E-state index in [0.717, 1.165) is 6.07 Å². The number of primary amides is 1. The molecule has 2 aromatic rings. The monoisotopic (exact) mass is 489 g/mol. The molecule has 0 bridgehead atoms. The third kappa shape index (κ3) is 7.54. The molecule has 32 heavy (non-hydrogen) atoms. The molecule has 12 heteroatoms. The molecule has 0 fully saturated rings. The number of nitrogens with one attached hydrogen (secondary N) is 2. The number of amides is 3. The number of rotatable bonds is 9. The minimum Gasteiger partial charge on any atom is -0.452 e. The van der Waals surface area contributed by atoms with Crippen LogP contribution in [0.4, 0.5) is 19.3 Å². The Bertz CT molecular complexity index is 993. The van der Waals surface area contributed by atoms with Gasteiger partial charge in [-0.25, -0.2) is 4.79 Å². The van der Waals surface area contributed by atoms with Crippen LogP contribution < -0.4 is 21.1 Å². The smallest absolute Gasteiger partial charge is 0.387 e. The van der Waals surface area contributed by atoms with Crippen molar-refractivity contribution in [1.82, 2.24) is 5.32 Å². The first kappa shape index (κ1) is 25.2. The first-order valence-corrected chi connectivity index (χ1v) is 9.87. The first-order chi connectivity index (χ1) is 15.1. The third-order valence-corrected chi connectivity index (χ3v) is 4.70. The molecular formula is C20H19Cl2F2N3O5. The highest BCUT2D eigenvalue weighted by Crippen LogP contribution is 2.29. The minimum atomic E-state index is -3.05. The Hall–Kier alpha value is -3.11. The van der Waals surface area contributed by atoms with Crippen molar-refractivity contribution < 1.29 is 32.6 Å². The summed E-state index contributed by atoms with van der Waals surface area (Å²) in [5.41, 5.74) is 5.79. The minimum absolute atomic E-state index is 0.146. The fourth-order valence-electron chi connectivity index (χ4n) is 2.65. The van der Waals surface area contributed by atoms with Crippen LogP contribution in [0.5, 0.6) is 5.75 Å². The quantitative estimate of drug-likeness (QED) is 0.454. The van der Waals surface area contributed by atoms with E-state index in [2.05, 4.69) is 15.4 Å². The molecule has 4 N–H and O–H groups in total. The van der Waals surface area contributed by atoms with Gasteiger partial charge in [-0.2, -0.15) is 8.78 Å². The number of carbonyl (C=O) groups excluding carboxylic acids is 3. The summed E-state index contributed by atoms with van der Waals surface area (Å²) in [6.07, 6.45) is -1.56. The Morgan fingerprint density at radius 1 is 1.09 bits per heavy atom. The highest BCUT2D eigenvalue weighted by Gasteiger charge is 2.24. The van der Waals surface area contributed by atoms with Crippen LogP contribution in [0.3, 0.4) is 0 Å². The van der Waals surface area contributed by atoms with E-state index in [1.807, 2.05) is 0 Å². The van der Waals surface area contributed by atoms with Crippen molar-refractivity contribution in [2.75, 3.05) is 5.32 Å². The van der Waals surface area contributed by atoms with Crippen molar-refractivity contribution in [2.24, 2.45) is 5.73 Å². The molecule has 0 radical (unpaired) electrons. The van der Waals surface area contributed by atoms with Crippen LogP contribution in [-0.2, 0) is 14.3 Å². The number of urea groups is 1. The largest absolute Gasteiger partial charge is 0.452 e. The molecule has 0 heterocycles. The second-order valence-electron chi connectivity index (χ2n) is 6.43. The van der Waals surface area contributed by atoms with Gasteiger partial charge >= 0.3 is 18.6 Å². The van der Waals surface area contributed by atoms with Crippen LogP contribution in [0.15, 0.2) is 42.5 Å². The van der Waals surface area contributed by atoms with Gasteiger partial charge in [0.1, 0.15) is 5.75 Å². The van der Waals surface area contributed by atoms with Gasteiger partial charge < -0.3 is 25.8 Å². The lowest BCUT2D eigenvalue weighted by Gasteiger charge is -2.20. The van der Waals surface area contributed by atoms with Gasteiger partial charge in [0.2, 0.25) is 0 Å². The summed E-state index contributed by atoms with van der Waals surface area (Å²) < 4.78 is 33.9. The van der Waals surface area contributed by atoms with Gasteiger partial charge in [-0.05, 0) is 36.8 Å². The van der Waals surface area contributed by atoms with Crippen LogP contribution >= 0.6 is 23.2 Å². The van der Waals surface area contributed by atoms with Crippen molar-refractivity contribution in [3.8, 4) is 5.75 Å². The number of hydrogen-bond acceptors (Lipinski definition) is 5. The fraction of sp³-hybridized carbons (Fsp3) is 0.250. The predicted octanol–water partition coefficient (Wildman–Crippen LogP) is 4.26. The number of alkyl halides is 2. The molecule has 172 valence electrons. The average Bonchev–Trinajstić information content (AvgIpc) is 2.69. The van der Waals surface area contributed by atoms with Gasteiger partial charge in [0, 0.05) is 10.7 Å². The maximum atomic E-state index is 12.3. The molecule has 2 rings (SSSR count). The van der Waals surface area contributed by atoms with Crippen LogP contribution in [0.25, 0.3) is 0 Å². The lowest BCUT2D eigenvalue weighted by atomic mass is 10.0. The third-order valence-electron chi connectivity index (χ3n) is 4.06. The van der Waals surface area contributed by atoms with Crippen LogP contribution in [0.2, 0.25) is 10.0 Å². The maximum Gasteiger partial charge on any atom is 0.387 e. The van der Waals surface area contributed by atoms with E-state index in [4.69, 9.17) is 33.7 Å². The van der Waals surface area contributed by atoms with Gasteiger partial charge in [0.05, 0.1) is 17.5 Å². The van der Waals surface area contributed by atoms with E-state index in [1.165, 1.54) is 19.1 Å². The molecule has 0 aliphatic heterocycles. The number of carbonyl (C=O) groups is 3. The van der Waals surface area contributed by atoms with E-state index < -0.39 is 36.7 Å². The maximum absolute atomic E-state index is 12.3. The number of anilines is 1. The SMILES string of the molecule is C[C@@H](OC(=O)C[C@@H](NC(N)=O)c1ccccc1Cl)C(=O)Nc1ccc(OC(F)F)c(Cl)c1. The standard InChI is InChI=1S/C20H19Cl2F2N3O5/c1-10(18(29)26-11-6-7-16(14(22)8-11)32-19(23)24)31-17(28)9-15(27-20(25)30)12-4-2-3-5-13(12)21/h2-8,10,15,19H,9H2,1H3,(H,26,29)(H3,25,27,30)/t10-,15-/m1/s1. The predicted molar refractivity (Wildman–Crippen MR) is 114 cm³/mol. The molecule has 0 aliphatic carbocycles. The molecule has 3 amide bonds. The van der Waals surface area contributed by atoms with Crippen LogP contribution in [-0.4, -0.2) is 30.6 Å². The fourth-order valence-corrected chi connectivity index (χ4v) is 3.14. The Kier molecular flexibility index (Phi) is 9.03. The summed E-state index contributed by atoms with van der Waals surface area (Å²) in [6.45, 7) is -1.72. The topological polar surface area (TPSA) is 120 Å². The average molecular weight is 490 g/mol. The van der Waals surface area contributed by atoms with E-state index in [9.17, 15) is 23.2 Å². The summed E-state index contributed by atoms with van der Waals surface area (Å²) in [5.74, 6) is -1.76. The van der Waals surface area contributed by atoms with Gasteiger partial charge in [-0.3, -0.25) is 9.59 Å². The molecule has 0 spiro atoms. The summed E-state index contributed by atoms with van der Waals surface area (Å²) in [5, 5.41) is 5.01. The van der Waals surface area contributed by atoms with E-state index in [-0.39, 0.29) is 22.9 Å². The molecule has 8 nitrogen and oxygen atoms in total. The zero-order chi connectivity index (χ0) is 23.8.